The molecule has 0 radical (unpaired) electrons. The fourth-order valence-corrected chi connectivity index (χ4v) is 3.14. The minimum atomic E-state index is -0.153. The summed E-state index contributed by atoms with van der Waals surface area (Å²) in [4.78, 5) is 12.5. The Morgan fingerprint density at radius 2 is 1.48 bits per heavy atom. The van der Waals surface area contributed by atoms with Gasteiger partial charge >= 0.3 is 0 Å². The Hall–Kier alpha value is -3.47. The average Bonchev–Trinajstić information content (AvgIpc) is 2.77. The van der Waals surface area contributed by atoms with E-state index in [-0.39, 0.29) is 18.6 Å². The lowest BCUT2D eigenvalue weighted by Gasteiger charge is -2.16. The third kappa shape index (κ3) is 7.37. The number of anilines is 2. The van der Waals surface area contributed by atoms with E-state index in [1.54, 1.807) is 0 Å². The van der Waals surface area contributed by atoms with E-state index < -0.39 is 0 Å². The molecule has 3 rings (SSSR count). The quantitative estimate of drug-likeness (QED) is 0.402. The van der Waals surface area contributed by atoms with Gasteiger partial charge in [-0.3, -0.25) is 4.79 Å². The molecule has 2 N–H and O–H groups in total. The van der Waals surface area contributed by atoms with Gasteiger partial charge in [-0.25, -0.2) is 0 Å². The first-order chi connectivity index (χ1) is 15.1. The molecule has 31 heavy (non-hydrogen) atoms. The minimum absolute atomic E-state index is 0.0580. The molecule has 5 nitrogen and oxygen atoms in total. The molecule has 0 heterocycles. The Morgan fingerprint density at radius 1 is 0.839 bits per heavy atom. The molecule has 0 atom stereocenters. The van der Waals surface area contributed by atoms with Gasteiger partial charge in [0.15, 0.2) is 0 Å². The Morgan fingerprint density at radius 3 is 2.23 bits per heavy atom. The van der Waals surface area contributed by atoms with Crippen molar-refractivity contribution in [3.8, 4) is 11.5 Å². The van der Waals surface area contributed by atoms with Gasteiger partial charge in [-0.2, -0.15) is 0 Å². The van der Waals surface area contributed by atoms with Crippen LogP contribution in [0.3, 0.4) is 0 Å². The van der Waals surface area contributed by atoms with Gasteiger partial charge in [-0.1, -0.05) is 54.6 Å². The topological polar surface area (TPSA) is 59.6 Å². The van der Waals surface area contributed by atoms with Crippen LogP contribution >= 0.6 is 0 Å². The van der Waals surface area contributed by atoms with Crippen molar-refractivity contribution in [3.63, 3.8) is 0 Å². The first kappa shape index (κ1) is 22.2. The number of aryl methyl sites for hydroxylation is 1. The minimum Gasteiger partial charge on any atom is -0.491 e. The summed E-state index contributed by atoms with van der Waals surface area (Å²) in [6, 6.07) is 25.4. The third-order valence-electron chi connectivity index (χ3n) is 4.56. The zero-order valence-electron chi connectivity index (χ0n) is 18.1. The molecule has 0 fully saturated rings. The fraction of sp³-hybridized carbons (Fsp3) is 0.269. The number of carbonyl (C=O) groups excluding carboxylic acids is 1. The summed E-state index contributed by atoms with van der Waals surface area (Å²) in [5.41, 5.74) is 2.75. The fourth-order valence-electron chi connectivity index (χ4n) is 3.14. The van der Waals surface area contributed by atoms with E-state index in [0.29, 0.717) is 18.0 Å². The van der Waals surface area contributed by atoms with Crippen molar-refractivity contribution in [1.82, 2.24) is 0 Å². The second-order valence-corrected chi connectivity index (χ2v) is 7.50. The Balaban J connectivity index is 1.50. The molecule has 0 aromatic heterocycles. The first-order valence-electron chi connectivity index (χ1n) is 10.7. The van der Waals surface area contributed by atoms with E-state index in [2.05, 4.69) is 22.8 Å². The molecule has 3 aromatic rings. The molecule has 0 aliphatic carbocycles. The van der Waals surface area contributed by atoms with E-state index in [1.807, 2.05) is 80.6 Å². The third-order valence-corrected chi connectivity index (χ3v) is 4.56. The van der Waals surface area contributed by atoms with Crippen LogP contribution in [0.15, 0.2) is 78.9 Å². The highest BCUT2D eigenvalue weighted by atomic mass is 16.5. The van der Waals surface area contributed by atoms with Crippen LogP contribution in [-0.4, -0.2) is 25.2 Å². The highest BCUT2D eigenvalue weighted by molar-refractivity contribution is 5.95. The Kier molecular flexibility index (Phi) is 8.35. The summed E-state index contributed by atoms with van der Waals surface area (Å²) in [7, 11) is 0. The molecule has 0 aliphatic heterocycles. The molecule has 5 heteroatoms. The molecule has 0 unspecified atom stereocenters. The summed E-state index contributed by atoms with van der Waals surface area (Å²) in [6.07, 6.45) is 1.92. The largest absolute Gasteiger partial charge is 0.491 e. The Labute approximate surface area is 184 Å². The summed E-state index contributed by atoms with van der Waals surface area (Å²) in [6.45, 7) is 4.65. The molecular formula is C26H30N2O3. The van der Waals surface area contributed by atoms with Gasteiger partial charge in [0, 0.05) is 0 Å². The van der Waals surface area contributed by atoms with E-state index in [9.17, 15) is 4.79 Å². The highest BCUT2D eigenvalue weighted by Crippen LogP contribution is 2.26. The summed E-state index contributed by atoms with van der Waals surface area (Å²) < 4.78 is 11.7. The number of para-hydroxylation sites is 4. The van der Waals surface area contributed by atoms with Crippen molar-refractivity contribution in [2.45, 2.75) is 32.8 Å². The van der Waals surface area contributed by atoms with Gasteiger partial charge in [0.1, 0.15) is 11.5 Å². The normalized spacial score (nSPS) is 10.5. The summed E-state index contributed by atoms with van der Waals surface area (Å²) in [5.74, 6) is 1.25. The van der Waals surface area contributed by atoms with Gasteiger partial charge in [-0.05, 0) is 56.5 Å². The van der Waals surface area contributed by atoms with Crippen molar-refractivity contribution < 1.29 is 14.3 Å². The van der Waals surface area contributed by atoms with Crippen LogP contribution in [0.2, 0.25) is 0 Å². The van der Waals surface area contributed by atoms with E-state index in [0.717, 1.165) is 24.3 Å². The lowest BCUT2D eigenvalue weighted by molar-refractivity contribution is -0.114. The lowest BCUT2D eigenvalue weighted by Crippen LogP contribution is -2.22. The maximum Gasteiger partial charge on any atom is 0.243 e. The van der Waals surface area contributed by atoms with Gasteiger partial charge in [0.25, 0.3) is 0 Å². The van der Waals surface area contributed by atoms with Gasteiger partial charge in [0.2, 0.25) is 5.91 Å². The van der Waals surface area contributed by atoms with Crippen LogP contribution < -0.4 is 20.1 Å². The number of carbonyl (C=O) groups is 1. The lowest BCUT2D eigenvalue weighted by atomic mass is 10.1. The highest BCUT2D eigenvalue weighted by Gasteiger charge is 2.10. The van der Waals surface area contributed by atoms with Gasteiger partial charge in [0.05, 0.1) is 30.6 Å². The van der Waals surface area contributed by atoms with Crippen LogP contribution in [0, 0.1) is 0 Å². The predicted molar refractivity (Wildman–Crippen MR) is 126 cm³/mol. The number of benzene rings is 3. The van der Waals surface area contributed by atoms with Crippen LogP contribution in [0.1, 0.15) is 25.8 Å². The van der Waals surface area contributed by atoms with E-state index in [4.69, 9.17) is 9.47 Å². The smallest absolute Gasteiger partial charge is 0.243 e. The Bertz CT molecular complexity index is 958. The molecule has 1 amide bonds. The number of amides is 1. The average molecular weight is 419 g/mol. The van der Waals surface area contributed by atoms with Crippen LogP contribution in [0.25, 0.3) is 0 Å². The molecule has 0 spiro atoms. The molecule has 3 aromatic carbocycles. The molecular weight excluding hydrogens is 388 g/mol. The SMILES string of the molecule is CC(C)Oc1ccccc1NCC(=O)Nc1ccccc1OCCCc1ccccc1. The van der Waals surface area contributed by atoms with Crippen LogP contribution in [0.4, 0.5) is 11.4 Å². The standard InChI is InChI=1S/C26H30N2O3/c1-20(2)31-25-17-9-6-14-22(25)27-19-26(29)28-23-15-7-8-16-24(23)30-18-10-13-21-11-4-3-5-12-21/h3-9,11-12,14-17,20,27H,10,13,18-19H2,1-2H3,(H,28,29). The van der Waals surface area contributed by atoms with Crippen LogP contribution in [0.5, 0.6) is 11.5 Å². The number of nitrogens with one attached hydrogen (secondary N) is 2. The second kappa shape index (κ2) is 11.6. The number of hydrogen-bond acceptors (Lipinski definition) is 4. The number of ether oxygens (including phenoxy) is 2. The molecule has 0 saturated heterocycles. The molecule has 0 bridgehead atoms. The molecule has 162 valence electrons. The molecule has 0 aliphatic rings. The molecule has 0 saturated carbocycles. The predicted octanol–water partition coefficient (Wildman–Crippen LogP) is 5.54. The van der Waals surface area contributed by atoms with Gasteiger partial charge < -0.3 is 20.1 Å². The zero-order chi connectivity index (χ0) is 21.9. The maximum absolute atomic E-state index is 12.5. The zero-order valence-corrected chi connectivity index (χ0v) is 18.1. The summed E-state index contributed by atoms with van der Waals surface area (Å²) >= 11 is 0. The second-order valence-electron chi connectivity index (χ2n) is 7.50. The maximum atomic E-state index is 12.5. The van der Waals surface area contributed by atoms with Gasteiger partial charge in [-0.15, -0.1) is 0 Å². The first-order valence-corrected chi connectivity index (χ1v) is 10.7. The van der Waals surface area contributed by atoms with Crippen molar-refractivity contribution in [3.05, 3.63) is 84.4 Å². The van der Waals surface area contributed by atoms with Crippen molar-refractivity contribution in [2.24, 2.45) is 0 Å². The van der Waals surface area contributed by atoms with E-state index in [1.165, 1.54) is 5.56 Å². The summed E-state index contributed by atoms with van der Waals surface area (Å²) in [5, 5.41) is 6.08. The number of hydrogen-bond donors (Lipinski definition) is 2. The van der Waals surface area contributed by atoms with Crippen LogP contribution in [-0.2, 0) is 11.2 Å². The van der Waals surface area contributed by atoms with Crippen molar-refractivity contribution in [1.29, 1.82) is 0 Å². The van der Waals surface area contributed by atoms with E-state index >= 15 is 0 Å². The van der Waals surface area contributed by atoms with Crippen molar-refractivity contribution >= 4 is 17.3 Å². The van der Waals surface area contributed by atoms with Crippen molar-refractivity contribution in [2.75, 3.05) is 23.8 Å². The monoisotopic (exact) mass is 418 g/mol. The number of rotatable bonds is 11.